The number of hydrogen-bond donors (Lipinski definition) is 1. The van der Waals surface area contributed by atoms with E-state index in [4.69, 9.17) is 4.74 Å². The number of nitrogens with zero attached hydrogens (tertiary/aromatic N) is 2. The molecule has 0 bridgehead atoms. The maximum atomic E-state index is 5.83. The molecule has 0 radical (unpaired) electrons. The summed E-state index contributed by atoms with van der Waals surface area (Å²) in [4.78, 5) is 0. The Morgan fingerprint density at radius 2 is 2.42 bits per heavy atom. The van der Waals surface area contributed by atoms with Crippen molar-refractivity contribution in [1.29, 1.82) is 0 Å². The van der Waals surface area contributed by atoms with Gasteiger partial charge in [0.15, 0.2) is 0 Å². The van der Waals surface area contributed by atoms with Gasteiger partial charge in [-0.1, -0.05) is 6.92 Å². The van der Waals surface area contributed by atoms with E-state index in [1.54, 1.807) is 0 Å². The van der Waals surface area contributed by atoms with E-state index in [1.807, 2.05) is 17.9 Å². The minimum atomic E-state index is 0.416. The van der Waals surface area contributed by atoms with Crippen LogP contribution in [-0.4, -0.2) is 29.0 Å². The fraction of sp³-hybridized carbons (Fsp3) is 0.800. The molecule has 2 atom stereocenters. The molecule has 0 amide bonds. The minimum Gasteiger partial charge on any atom is -0.378 e. The molecule has 1 fully saturated rings. The first-order valence-corrected chi connectivity index (χ1v) is 7.63. The smallest absolute Gasteiger partial charge is 0.0575 e. The highest BCUT2D eigenvalue weighted by Crippen LogP contribution is 2.23. The van der Waals surface area contributed by atoms with Gasteiger partial charge < -0.3 is 10.1 Å². The summed E-state index contributed by atoms with van der Waals surface area (Å²) >= 11 is 0. The third-order valence-electron chi connectivity index (χ3n) is 3.82. The van der Waals surface area contributed by atoms with Gasteiger partial charge in [-0.05, 0) is 45.1 Å². The van der Waals surface area contributed by atoms with Crippen molar-refractivity contribution in [2.75, 3.05) is 13.2 Å². The summed E-state index contributed by atoms with van der Waals surface area (Å²) < 4.78 is 7.71. The zero-order valence-corrected chi connectivity index (χ0v) is 12.3. The van der Waals surface area contributed by atoms with Crippen molar-refractivity contribution in [1.82, 2.24) is 15.1 Å². The molecule has 4 nitrogen and oxygen atoms in total. The van der Waals surface area contributed by atoms with E-state index in [0.717, 1.165) is 32.4 Å². The van der Waals surface area contributed by atoms with Crippen molar-refractivity contribution in [2.24, 2.45) is 7.05 Å². The van der Waals surface area contributed by atoms with Crippen LogP contribution in [0.2, 0.25) is 0 Å². The van der Waals surface area contributed by atoms with Gasteiger partial charge in [-0.15, -0.1) is 0 Å². The number of ether oxygens (including phenoxy) is 1. The van der Waals surface area contributed by atoms with Crippen molar-refractivity contribution in [2.45, 2.75) is 57.6 Å². The van der Waals surface area contributed by atoms with Gasteiger partial charge in [-0.2, -0.15) is 5.10 Å². The fourth-order valence-corrected chi connectivity index (χ4v) is 2.71. The lowest BCUT2D eigenvalue weighted by atomic mass is 9.99. The van der Waals surface area contributed by atoms with E-state index >= 15 is 0 Å². The average Bonchev–Trinajstić information content (AvgIpc) is 2.86. The lowest BCUT2D eigenvalue weighted by Crippen LogP contribution is -2.25. The van der Waals surface area contributed by atoms with Gasteiger partial charge in [0.05, 0.1) is 12.3 Å². The standard InChI is InChI=1S/C15H27N3O/c1-3-9-16-15(13-11-17-18(2)12-13)8-7-14-6-4-5-10-19-14/h11-12,14-16H,3-10H2,1-2H3. The highest BCUT2D eigenvalue weighted by molar-refractivity contribution is 5.10. The molecule has 1 aliphatic heterocycles. The van der Waals surface area contributed by atoms with Gasteiger partial charge in [0, 0.05) is 31.5 Å². The van der Waals surface area contributed by atoms with Crippen LogP contribution in [0.3, 0.4) is 0 Å². The summed E-state index contributed by atoms with van der Waals surface area (Å²) in [6.07, 6.45) is 11.8. The van der Waals surface area contributed by atoms with Gasteiger partial charge in [0.2, 0.25) is 0 Å². The number of aryl methyl sites for hydroxylation is 1. The molecule has 2 heterocycles. The normalized spacial score (nSPS) is 21.5. The van der Waals surface area contributed by atoms with Crippen molar-refractivity contribution in [3.8, 4) is 0 Å². The number of nitrogens with one attached hydrogen (secondary N) is 1. The zero-order valence-electron chi connectivity index (χ0n) is 12.3. The van der Waals surface area contributed by atoms with Gasteiger partial charge in [0.25, 0.3) is 0 Å². The quantitative estimate of drug-likeness (QED) is 0.824. The van der Waals surface area contributed by atoms with E-state index in [-0.39, 0.29) is 0 Å². The van der Waals surface area contributed by atoms with Crippen molar-refractivity contribution < 1.29 is 4.74 Å². The Bertz CT molecular complexity index is 358. The molecule has 108 valence electrons. The van der Waals surface area contributed by atoms with Gasteiger partial charge in [-0.25, -0.2) is 0 Å². The van der Waals surface area contributed by atoms with E-state index in [9.17, 15) is 0 Å². The zero-order chi connectivity index (χ0) is 13.5. The first kappa shape index (κ1) is 14.5. The molecule has 1 aromatic rings. The third kappa shape index (κ3) is 4.62. The summed E-state index contributed by atoms with van der Waals surface area (Å²) in [5.41, 5.74) is 1.30. The largest absolute Gasteiger partial charge is 0.378 e. The molecular formula is C15H27N3O. The van der Waals surface area contributed by atoms with Crippen molar-refractivity contribution >= 4 is 0 Å². The molecule has 1 aromatic heterocycles. The van der Waals surface area contributed by atoms with Crippen LogP contribution in [0.4, 0.5) is 0 Å². The lowest BCUT2D eigenvalue weighted by molar-refractivity contribution is 0.00854. The maximum Gasteiger partial charge on any atom is 0.0575 e. The summed E-state index contributed by atoms with van der Waals surface area (Å²) in [5.74, 6) is 0. The molecule has 0 saturated carbocycles. The summed E-state index contributed by atoms with van der Waals surface area (Å²) in [7, 11) is 1.98. The molecule has 0 aromatic carbocycles. The van der Waals surface area contributed by atoms with Crippen LogP contribution in [0.25, 0.3) is 0 Å². The Hall–Kier alpha value is -0.870. The topological polar surface area (TPSA) is 39.1 Å². The Labute approximate surface area is 116 Å². The highest BCUT2D eigenvalue weighted by atomic mass is 16.5. The van der Waals surface area contributed by atoms with Crippen LogP contribution in [-0.2, 0) is 11.8 Å². The van der Waals surface area contributed by atoms with Crippen molar-refractivity contribution in [3.63, 3.8) is 0 Å². The molecule has 0 aliphatic carbocycles. The second-order valence-corrected chi connectivity index (χ2v) is 5.52. The molecule has 2 rings (SSSR count). The molecular weight excluding hydrogens is 238 g/mol. The predicted molar refractivity (Wildman–Crippen MR) is 77.1 cm³/mol. The van der Waals surface area contributed by atoms with Crippen LogP contribution in [0.1, 0.15) is 57.1 Å². The van der Waals surface area contributed by atoms with Crippen LogP contribution in [0.5, 0.6) is 0 Å². The van der Waals surface area contributed by atoms with Gasteiger partial charge in [0.1, 0.15) is 0 Å². The molecule has 1 N–H and O–H groups in total. The van der Waals surface area contributed by atoms with Crippen LogP contribution < -0.4 is 5.32 Å². The predicted octanol–water partition coefficient (Wildman–Crippen LogP) is 2.81. The van der Waals surface area contributed by atoms with Crippen LogP contribution in [0.15, 0.2) is 12.4 Å². The number of rotatable bonds is 7. The monoisotopic (exact) mass is 265 g/mol. The summed E-state index contributed by atoms with van der Waals surface area (Å²) in [5, 5.41) is 7.92. The average molecular weight is 265 g/mol. The molecule has 2 unspecified atom stereocenters. The molecule has 1 aliphatic rings. The first-order chi connectivity index (χ1) is 9.29. The number of aromatic nitrogens is 2. The van der Waals surface area contributed by atoms with E-state index in [0.29, 0.717) is 12.1 Å². The first-order valence-electron chi connectivity index (χ1n) is 7.63. The van der Waals surface area contributed by atoms with Gasteiger partial charge in [-0.3, -0.25) is 4.68 Å². The van der Waals surface area contributed by atoms with Gasteiger partial charge >= 0.3 is 0 Å². The van der Waals surface area contributed by atoms with E-state index < -0.39 is 0 Å². The fourth-order valence-electron chi connectivity index (χ4n) is 2.71. The van der Waals surface area contributed by atoms with E-state index in [1.165, 1.54) is 24.8 Å². The maximum absolute atomic E-state index is 5.83. The third-order valence-corrected chi connectivity index (χ3v) is 3.82. The molecule has 19 heavy (non-hydrogen) atoms. The Morgan fingerprint density at radius 3 is 3.05 bits per heavy atom. The highest BCUT2D eigenvalue weighted by Gasteiger charge is 2.18. The van der Waals surface area contributed by atoms with E-state index in [2.05, 4.69) is 23.5 Å². The Balaban J connectivity index is 1.86. The van der Waals surface area contributed by atoms with Crippen LogP contribution >= 0.6 is 0 Å². The second kappa shape index (κ2) is 7.65. The van der Waals surface area contributed by atoms with Crippen molar-refractivity contribution in [3.05, 3.63) is 18.0 Å². The Morgan fingerprint density at radius 1 is 1.53 bits per heavy atom. The Kier molecular flexibility index (Phi) is 5.86. The minimum absolute atomic E-state index is 0.416. The summed E-state index contributed by atoms with van der Waals surface area (Å²) in [6.45, 7) is 4.22. The lowest BCUT2D eigenvalue weighted by Gasteiger charge is -2.25. The van der Waals surface area contributed by atoms with Crippen LogP contribution in [0, 0.1) is 0 Å². The molecule has 4 heteroatoms. The molecule has 1 saturated heterocycles. The number of hydrogen-bond acceptors (Lipinski definition) is 3. The second-order valence-electron chi connectivity index (χ2n) is 5.52. The summed E-state index contributed by atoms with van der Waals surface area (Å²) in [6, 6.07) is 0.416. The molecule has 0 spiro atoms. The SMILES string of the molecule is CCCNC(CCC1CCCCO1)c1cnn(C)c1.